The van der Waals surface area contributed by atoms with Gasteiger partial charge in [-0.05, 0) is 46.3 Å². The molecule has 0 unspecified atom stereocenters. The maximum Gasteiger partial charge on any atom is 0.327 e. The van der Waals surface area contributed by atoms with Gasteiger partial charge in [-0.15, -0.1) is 0 Å². The van der Waals surface area contributed by atoms with Gasteiger partial charge in [-0.25, -0.2) is 4.39 Å². The Balaban J connectivity index is 2.40. The van der Waals surface area contributed by atoms with E-state index in [2.05, 4.69) is 21.2 Å². The summed E-state index contributed by atoms with van der Waals surface area (Å²) < 4.78 is 27.0. The highest BCUT2D eigenvalue weighted by atomic mass is 79.9. The van der Waals surface area contributed by atoms with Gasteiger partial charge in [0.15, 0.2) is 0 Å². The summed E-state index contributed by atoms with van der Waals surface area (Å²) in [5, 5.41) is 13.4. The molecular formula is C12H7BrF2N2O2. The lowest BCUT2D eigenvalue weighted by Gasteiger charge is -2.08. The lowest BCUT2D eigenvalue weighted by molar-refractivity contribution is -0.386. The minimum atomic E-state index is -0.951. The van der Waals surface area contributed by atoms with Crippen LogP contribution in [-0.2, 0) is 0 Å². The van der Waals surface area contributed by atoms with Crippen molar-refractivity contribution < 1.29 is 13.7 Å². The van der Waals surface area contributed by atoms with Crippen LogP contribution in [0.2, 0.25) is 0 Å². The molecule has 0 saturated carbocycles. The lowest BCUT2D eigenvalue weighted by atomic mass is 10.2. The fraction of sp³-hybridized carbons (Fsp3) is 0. The maximum atomic E-state index is 13.4. The van der Waals surface area contributed by atoms with Gasteiger partial charge in [0.1, 0.15) is 11.5 Å². The Bertz CT molecular complexity index is 650. The number of nitrogens with one attached hydrogen (secondary N) is 1. The zero-order valence-electron chi connectivity index (χ0n) is 9.36. The van der Waals surface area contributed by atoms with E-state index in [9.17, 15) is 18.9 Å². The first-order valence-electron chi connectivity index (χ1n) is 5.14. The van der Waals surface area contributed by atoms with Gasteiger partial charge in [-0.2, -0.15) is 4.39 Å². The van der Waals surface area contributed by atoms with Crippen molar-refractivity contribution in [1.29, 1.82) is 0 Å². The quantitative estimate of drug-likeness (QED) is 0.672. The topological polar surface area (TPSA) is 55.2 Å². The van der Waals surface area contributed by atoms with Gasteiger partial charge in [-0.3, -0.25) is 10.1 Å². The van der Waals surface area contributed by atoms with Crippen LogP contribution in [-0.4, -0.2) is 4.92 Å². The van der Waals surface area contributed by atoms with Crippen molar-refractivity contribution in [3.05, 3.63) is 62.6 Å². The molecule has 0 fully saturated rings. The van der Waals surface area contributed by atoms with Gasteiger partial charge < -0.3 is 5.32 Å². The van der Waals surface area contributed by atoms with Crippen LogP contribution < -0.4 is 5.32 Å². The third-order valence-electron chi connectivity index (χ3n) is 2.37. The highest BCUT2D eigenvalue weighted by Gasteiger charge is 2.19. The first kappa shape index (κ1) is 13.4. The van der Waals surface area contributed by atoms with E-state index in [-0.39, 0.29) is 15.8 Å². The van der Waals surface area contributed by atoms with Crippen LogP contribution >= 0.6 is 15.9 Å². The molecule has 2 aromatic rings. The van der Waals surface area contributed by atoms with Crippen LogP contribution in [0.15, 0.2) is 40.9 Å². The van der Waals surface area contributed by atoms with Crippen molar-refractivity contribution in [2.45, 2.75) is 0 Å². The number of nitrogens with zero attached hydrogens (tertiary/aromatic N) is 1. The van der Waals surface area contributed by atoms with Crippen LogP contribution in [0.4, 0.5) is 25.8 Å². The van der Waals surface area contributed by atoms with E-state index in [1.165, 1.54) is 24.3 Å². The third-order valence-corrected chi connectivity index (χ3v) is 3.01. The summed E-state index contributed by atoms with van der Waals surface area (Å²) in [6.07, 6.45) is 0. The summed E-state index contributed by atoms with van der Waals surface area (Å²) in [5.74, 6) is -1.48. The zero-order chi connectivity index (χ0) is 14.0. The van der Waals surface area contributed by atoms with E-state index in [0.717, 1.165) is 12.1 Å². The zero-order valence-corrected chi connectivity index (χ0v) is 10.9. The fourth-order valence-corrected chi connectivity index (χ4v) is 1.78. The second-order valence-corrected chi connectivity index (χ2v) is 4.50. The fourth-order valence-electron chi connectivity index (χ4n) is 1.53. The number of nitro benzene ring substituents is 1. The number of nitro groups is 1. The number of hydrogen-bond acceptors (Lipinski definition) is 3. The predicted molar refractivity (Wildman–Crippen MR) is 70.4 cm³/mol. The highest BCUT2D eigenvalue weighted by molar-refractivity contribution is 9.10. The van der Waals surface area contributed by atoms with Gasteiger partial charge in [0, 0.05) is 5.69 Å². The molecule has 0 amide bonds. The summed E-state index contributed by atoms with van der Waals surface area (Å²) >= 11 is 2.99. The summed E-state index contributed by atoms with van der Waals surface area (Å²) in [6, 6.07) is 7.79. The minimum Gasteiger partial charge on any atom is -0.350 e. The Hall–Kier alpha value is -2.02. The number of benzene rings is 2. The first-order valence-corrected chi connectivity index (χ1v) is 5.93. The normalized spacial score (nSPS) is 10.3. The lowest BCUT2D eigenvalue weighted by Crippen LogP contribution is -1.99. The molecule has 0 heterocycles. The van der Waals surface area contributed by atoms with Crippen LogP contribution in [0.5, 0.6) is 0 Å². The third kappa shape index (κ3) is 2.87. The van der Waals surface area contributed by atoms with Gasteiger partial charge in [-0.1, -0.05) is 6.07 Å². The van der Waals surface area contributed by atoms with E-state index in [0.29, 0.717) is 0 Å². The van der Waals surface area contributed by atoms with Gasteiger partial charge in [0.2, 0.25) is 5.82 Å². The Morgan fingerprint density at radius 1 is 1.16 bits per heavy atom. The van der Waals surface area contributed by atoms with Crippen molar-refractivity contribution in [3.63, 3.8) is 0 Å². The minimum absolute atomic E-state index is 0.0354. The Morgan fingerprint density at radius 3 is 2.53 bits per heavy atom. The molecule has 19 heavy (non-hydrogen) atoms. The number of rotatable bonds is 3. The molecular weight excluding hydrogens is 322 g/mol. The van der Waals surface area contributed by atoms with E-state index in [4.69, 9.17) is 0 Å². The molecule has 0 atom stereocenters. The number of hydrogen-bond donors (Lipinski definition) is 1. The molecule has 98 valence electrons. The van der Waals surface area contributed by atoms with Crippen LogP contribution in [0.1, 0.15) is 0 Å². The van der Waals surface area contributed by atoms with Gasteiger partial charge in [0.25, 0.3) is 0 Å². The summed E-state index contributed by atoms with van der Waals surface area (Å²) in [5.41, 5.74) is -0.424. The van der Waals surface area contributed by atoms with Crippen LogP contribution in [0.25, 0.3) is 0 Å². The molecule has 7 heteroatoms. The van der Waals surface area contributed by atoms with E-state index in [1.807, 2.05) is 0 Å². The van der Waals surface area contributed by atoms with E-state index in [1.54, 1.807) is 0 Å². The number of anilines is 2. The summed E-state index contributed by atoms with van der Waals surface area (Å²) in [4.78, 5) is 9.97. The van der Waals surface area contributed by atoms with Crippen molar-refractivity contribution >= 4 is 33.0 Å². The molecule has 2 aromatic carbocycles. The molecule has 4 nitrogen and oxygen atoms in total. The first-order chi connectivity index (χ1) is 8.99. The van der Waals surface area contributed by atoms with Gasteiger partial charge >= 0.3 is 5.69 Å². The van der Waals surface area contributed by atoms with E-state index >= 15 is 0 Å². The molecule has 0 aliphatic carbocycles. The predicted octanol–water partition coefficient (Wildman–Crippen LogP) is 4.38. The molecule has 0 aliphatic heterocycles. The highest BCUT2D eigenvalue weighted by Crippen LogP contribution is 2.30. The maximum absolute atomic E-state index is 13.4. The van der Waals surface area contributed by atoms with Crippen LogP contribution in [0, 0.1) is 21.7 Å². The van der Waals surface area contributed by atoms with Crippen molar-refractivity contribution in [2.24, 2.45) is 0 Å². The molecule has 0 radical (unpaired) electrons. The Morgan fingerprint density at radius 2 is 1.89 bits per heavy atom. The molecule has 0 bridgehead atoms. The van der Waals surface area contributed by atoms with E-state index < -0.39 is 22.2 Å². The molecule has 1 N–H and O–H groups in total. The molecule has 0 aromatic heterocycles. The molecule has 2 rings (SSSR count). The second-order valence-electron chi connectivity index (χ2n) is 3.65. The van der Waals surface area contributed by atoms with Crippen LogP contribution in [0.3, 0.4) is 0 Å². The van der Waals surface area contributed by atoms with Crippen molar-refractivity contribution in [3.8, 4) is 0 Å². The van der Waals surface area contributed by atoms with Crippen molar-refractivity contribution in [1.82, 2.24) is 0 Å². The molecule has 0 aliphatic rings. The number of para-hydroxylation sites is 1. The largest absolute Gasteiger partial charge is 0.350 e. The molecule has 0 spiro atoms. The average Bonchev–Trinajstić information content (AvgIpc) is 2.33. The van der Waals surface area contributed by atoms with Crippen molar-refractivity contribution in [2.75, 3.05) is 5.32 Å². The summed E-state index contributed by atoms with van der Waals surface area (Å²) in [7, 11) is 0. The molecule has 0 saturated heterocycles. The Labute approximate surface area is 115 Å². The standard InChI is InChI=1S/C12H7BrF2N2O2/c13-8-5-4-7(6-10(8)15)16-11-3-1-2-9(14)12(11)17(18)19/h1-6,16H. The Kier molecular flexibility index (Phi) is 3.75. The second kappa shape index (κ2) is 5.31. The average molecular weight is 329 g/mol. The summed E-state index contributed by atoms with van der Waals surface area (Å²) in [6.45, 7) is 0. The SMILES string of the molecule is O=[N+]([O-])c1c(F)cccc1Nc1ccc(Br)c(F)c1. The smallest absolute Gasteiger partial charge is 0.327 e. The number of halogens is 3. The van der Waals surface area contributed by atoms with Gasteiger partial charge in [0.05, 0.1) is 9.40 Å². The monoisotopic (exact) mass is 328 g/mol.